The van der Waals surface area contributed by atoms with Gasteiger partial charge in [-0.3, -0.25) is 4.80 Å². The summed E-state index contributed by atoms with van der Waals surface area (Å²) in [5.41, 5.74) is 1.32. The summed E-state index contributed by atoms with van der Waals surface area (Å²) >= 11 is 0. The lowest BCUT2D eigenvalue weighted by Crippen LogP contribution is -2.46. The molecule has 2 heteroatoms. The number of rotatable bonds is 30. The third-order valence-electron chi connectivity index (χ3n) is 9.78. The third-order valence-corrected chi connectivity index (χ3v) is 15.3. The molecule has 38 heavy (non-hydrogen) atoms. The molecule has 0 aromatic rings. The summed E-state index contributed by atoms with van der Waals surface area (Å²) in [6.45, 7) is 14.0. The maximum absolute atomic E-state index is 14.9. The van der Waals surface area contributed by atoms with Gasteiger partial charge in [-0.15, -0.1) is 0 Å². The number of unbranched alkanes of at least 4 members (excludes halogenated alkanes) is 21. The first-order valence-corrected chi connectivity index (χ1v) is 20.3. The zero-order chi connectivity index (χ0) is 28.3. The Bertz CT molecular complexity index is 400. The molecule has 1 nitrogen and oxygen atoms in total. The summed E-state index contributed by atoms with van der Waals surface area (Å²) < 4.78 is 0. The van der Waals surface area contributed by atoms with E-state index in [1.165, 1.54) is 173 Å². The van der Waals surface area contributed by atoms with Crippen LogP contribution in [0.3, 0.4) is 0 Å². The van der Waals surface area contributed by atoms with Gasteiger partial charge in [0.05, 0.1) is 0 Å². The van der Waals surface area contributed by atoms with Gasteiger partial charge in [-0.1, -0.05) is 215 Å². The first-order chi connectivity index (χ1) is 18.4. The van der Waals surface area contributed by atoms with Crippen molar-refractivity contribution in [1.82, 2.24) is 0 Å². The fraction of sp³-hybridized carbons (Fsp3) is 1.00. The minimum absolute atomic E-state index is 0.440. The van der Waals surface area contributed by atoms with Gasteiger partial charge in [0.1, 0.15) is 0 Å². The van der Waals surface area contributed by atoms with Crippen LogP contribution in [0.25, 0.3) is 0 Å². The minimum Gasteiger partial charge on any atom is -0.296 e. The lowest BCUT2D eigenvalue weighted by atomic mass is 10.1. The van der Waals surface area contributed by atoms with Crippen molar-refractivity contribution in [2.45, 2.75) is 232 Å². The molecular formula is C36H75OSi. The highest BCUT2D eigenvalue weighted by Crippen LogP contribution is 2.47. The van der Waals surface area contributed by atoms with Crippen LogP contribution in [-0.2, 0) is 4.80 Å². The molecule has 0 heterocycles. The predicted molar refractivity (Wildman–Crippen MR) is 176 cm³/mol. The SMILES string of the molecule is CCCCCCCCCCC(C)[Si]([O])(C(C)CCCCCCCCCC)C(C)CCCCCCCCCC. The zero-order valence-electron chi connectivity index (χ0n) is 27.7. The highest BCUT2D eigenvalue weighted by Gasteiger charge is 2.48. The Morgan fingerprint density at radius 2 is 0.526 bits per heavy atom. The predicted octanol–water partition coefficient (Wildman–Crippen LogP) is 14.1. The molecular weight excluding hydrogens is 476 g/mol. The molecule has 0 rings (SSSR count). The maximum atomic E-state index is 14.9. The molecule has 0 spiro atoms. The second-order valence-corrected chi connectivity index (χ2v) is 18.0. The normalized spacial score (nSPS) is 15.9. The summed E-state index contributed by atoms with van der Waals surface area (Å²) in [6.07, 6.45) is 36.5. The van der Waals surface area contributed by atoms with E-state index >= 15 is 0 Å². The van der Waals surface area contributed by atoms with E-state index in [1.54, 1.807) is 0 Å². The quantitative estimate of drug-likeness (QED) is 0.0624. The van der Waals surface area contributed by atoms with E-state index in [9.17, 15) is 4.80 Å². The Hall–Kier alpha value is 0.177. The second kappa shape index (κ2) is 27.4. The summed E-state index contributed by atoms with van der Waals surface area (Å²) in [4.78, 5) is 14.9. The van der Waals surface area contributed by atoms with E-state index in [1.807, 2.05) is 0 Å². The van der Waals surface area contributed by atoms with Crippen molar-refractivity contribution in [1.29, 1.82) is 0 Å². The van der Waals surface area contributed by atoms with Crippen molar-refractivity contribution in [3.8, 4) is 0 Å². The van der Waals surface area contributed by atoms with Crippen molar-refractivity contribution in [2.75, 3.05) is 0 Å². The minimum atomic E-state index is -2.57. The molecule has 0 aliphatic carbocycles. The topological polar surface area (TPSA) is 19.9 Å². The molecule has 0 saturated carbocycles. The van der Waals surface area contributed by atoms with Crippen molar-refractivity contribution in [2.24, 2.45) is 0 Å². The van der Waals surface area contributed by atoms with E-state index in [0.29, 0.717) is 16.6 Å². The summed E-state index contributed by atoms with van der Waals surface area (Å²) in [5, 5.41) is 0. The first-order valence-electron chi connectivity index (χ1n) is 18.1. The first kappa shape index (κ1) is 38.2. The molecule has 0 amide bonds. The average Bonchev–Trinajstić information content (AvgIpc) is 2.92. The van der Waals surface area contributed by atoms with Crippen LogP contribution >= 0.6 is 0 Å². The van der Waals surface area contributed by atoms with Gasteiger partial charge in [-0.2, -0.15) is 0 Å². The van der Waals surface area contributed by atoms with Crippen molar-refractivity contribution < 1.29 is 4.80 Å². The van der Waals surface area contributed by atoms with E-state index in [-0.39, 0.29) is 0 Å². The van der Waals surface area contributed by atoms with Gasteiger partial charge in [0.25, 0.3) is 0 Å². The molecule has 0 fully saturated rings. The van der Waals surface area contributed by atoms with Gasteiger partial charge in [0.15, 0.2) is 0 Å². The fourth-order valence-corrected chi connectivity index (χ4v) is 11.8. The molecule has 1 radical (unpaired) electrons. The van der Waals surface area contributed by atoms with E-state index in [4.69, 9.17) is 0 Å². The molecule has 0 N–H and O–H groups in total. The van der Waals surface area contributed by atoms with Crippen LogP contribution < -0.4 is 0 Å². The Morgan fingerprint density at radius 3 is 0.737 bits per heavy atom. The molecule has 0 aliphatic rings. The van der Waals surface area contributed by atoms with Crippen molar-refractivity contribution in [3.05, 3.63) is 0 Å². The highest BCUT2D eigenvalue weighted by atomic mass is 28.4. The molecule has 229 valence electrons. The smallest absolute Gasteiger partial charge is 0.245 e. The molecule has 0 aliphatic heterocycles. The third kappa shape index (κ3) is 19.3. The van der Waals surface area contributed by atoms with Gasteiger partial charge in [0.2, 0.25) is 8.32 Å². The molecule has 0 bridgehead atoms. The maximum Gasteiger partial charge on any atom is 0.245 e. The van der Waals surface area contributed by atoms with Gasteiger partial charge >= 0.3 is 0 Å². The van der Waals surface area contributed by atoms with E-state index in [2.05, 4.69) is 41.5 Å². The standard InChI is InChI=1S/C36H75OSi/c1-7-10-13-16-19-22-25-28-31-34(4)38(37,35(5)32-29-26-23-20-17-14-11-8-2)36(6)33-30-27-24-21-18-15-12-9-3/h34-36H,7-33H2,1-6H3. The van der Waals surface area contributed by atoms with Gasteiger partial charge in [-0.05, 0) is 16.6 Å². The molecule has 0 aromatic heterocycles. The monoisotopic (exact) mass is 552 g/mol. The zero-order valence-corrected chi connectivity index (χ0v) is 28.7. The van der Waals surface area contributed by atoms with Crippen LogP contribution in [0.1, 0.15) is 215 Å². The van der Waals surface area contributed by atoms with E-state index < -0.39 is 8.32 Å². The van der Waals surface area contributed by atoms with Gasteiger partial charge in [-0.25, -0.2) is 0 Å². The molecule has 0 aromatic carbocycles. The Balaban J connectivity index is 4.63. The van der Waals surface area contributed by atoms with Crippen LogP contribution in [0.4, 0.5) is 0 Å². The average molecular weight is 552 g/mol. The fourth-order valence-electron chi connectivity index (χ4n) is 6.89. The lowest BCUT2D eigenvalue weighted by Gasteiger charge is -2.39. The number of hydrogen-bond acceptors (Lipinski definition) is 0. The molecule has 0 saturated heterocycles. The van der Waals surface area contributed by atoms with Crippen LogP contribution in [0.15, 0.2) is 0 Å². The molecule has 3 atom stereocenters. The second-order valence-electron chi connectivity index (χ2n) is 13.3. The lowest BCUT2D eigenvalue weighted by molar-refractivity contribution is 0.346. The van der Waals surface area contributed by atoms with Crippen LogP contribution in [0, 0.1) is 0 Å². The highest BCUT2D eigenvalue weighted by molar-refractivity contribution is 6.76. The Labute approximate surface area is 244 Å². The van der Waals surface area contributed by atoms with Crippen molar-refractivity contribution >= 4 is 8.32 Å². The van der Waals surface area contributed by atoms with Crippen LogP contribution in [0.5, 0.6) is 0 Å². The van der Waals surface area contributed by atoms with E-state index in [0.717, 1.165) is 0 Å². The van der Waals surface area contributed by atoms with Crippen molar-refractivity contribution in [3.63, 3.8) is 0 Å². The Kier molecular flexibility index (Phi) is 27.5. The molecule has 3 unspecified atom stereocenters. The Morgan fingerprint density at radius 1 is 0.342 bits per heavy atom. The van der Waals surface area contributed by atoms with Gasteiger partial charge in [0, 0.05) is 0 Å². The summed E-state index contributed by atoms with van der Waals surface area (Å²) in [7, 11) is -2.57. The van der Waals surface area contributed by atoms with Crippen LogP contribution in [0.2, 0.25) is 16.6 Å². The number of hydrogen-bond donors (Lipinski definition) is 0. The van der Waals surface area contributed by atoms with Crippen LogP contribution in [-0.4, -0.2) is 8.32 Å². The summed E-state index contributed by atoms with van der Waals surface area (Å²) in [6, 6.07) is 0. The van der Waals surface area contributed by atoms with Gasteiger partial charge < -0.3 is 0 Å². The summed E-state index contributed by atoms with van der Waals surface area (Å²) in [5.74, 6) is 0. The largest absolute Gasteiger partial charge is 0.296 e.